The van der Waals surface area contributed by atoms with Crippen LogP contribution in [0.25, 0.3) is 0 Å². The van der Waals surface area contributed by atoms with Gasteiger partial charge in [-0.1, -0.05) is 60.2 Å². The first kappa shape index (κ1) is 22.8. The van der Waals surface area contributed by atoms with Gasteiger partial charge < -0.3 is 10.1 Å². The molecule has 4 aliphatic carbocycles. The highest BCUT2D eigenvalue weighted by Gasteiger charge is 2.55. The highest BCUT2D eigenvalue weighted by Crippen LogP contribution is 2.60. The smallest absolute Gasteiger partial charge is 0.329 e. The molecule has 0 aliphatic heterocycles. The number of amides is 1. The van der Waals surface area contributed by atoms with Crippen molar-refractivity contribution in [3.8, 4) is 0 Å². The molecular formula is C29H33NO4. The maximum atomic E-state index is 13.6. The van der Waals surface area contributed by atoms with Gasteiger partial charge in [-0.25, -0.2) is 4.79 Å². The van der Waals surface area contributed by atoms with Crippen LogP contribution in [0.5, 0.6) is 0 Å². The Morgan fingerprint density at radius 1 is 0.912 bits per heavy atom. The molecule has 0 radical (unpaired) electrons. The third-order valence-corrected chi connectivity index (χ3v) is 8.11. The summed E-state index contributed by atoms with van der Waals surface area (Å²) < 4.78 is 5.44. The third kappa shape index (κ3) is 4.79. The highest BCUT2D eigenvalue weighted by molar-refractivity contribution is 5.98. The second-order valence-electron chi connectivity index (χ2n) is 10.8. The Kier molecular flexibility index (Phi) is 6.28. The predicted molar refractivity (Wildman–Crippen MR) is 129 cm³/mol. The zero-order chi connectivity index (χ0) is 23.7. The highest BCUT2D eigenvalue weighted by atomic mass is 16.5. The molecule has 2 aromatic rings. The molecule has 4 bridgehead atoms. The van der Waals surface area contributed by atoms with Gasteiger partial charge in [0.2, 0.25) is 5.91 Å². The topological polar surface area (TPSA) is 72.5 Å². The Morgan fingerprint density at radius 3 is 2.09 bits per heavy atom. The van der Waals surface area contributed by atoms with E-state index < -0.39 is 12.0 Å². The summed E-state index contributed by atoms with van der Waals surface area (Å²) in [6.07, 6.45) is 6.91. The molecule has 4 fully saturated rings. The molecule has 4 saturated carbocycles. The minimum atomic E-state index is -0.811. The molecule has 0 spiro atoms. The lowest BCUT2D eigenvalue weighted by molar-refractivity contribution is -0.153. The molecule has 0 saturated heterocycles. The summed E-state index contributed by atoms with van der Waals surface area (Å²) in [5, 5.41) is 3.07. The number of ether oxygens (including phenoxy) is 1. The van der Waals surface area contributed by atoms with E-state index in [-0.39, 0.29) is 23.7 Å². The van der Waals surface area contributed by atoms with Crippen molar-refractivity contribution in [2.75, 3.05) is 6.61 Å². The van der Waals surface area contributed by atoms with Crippen molar-refractivity contribution in [1.82, 2.24) is 5.32 Å². The van der Waals surface area contributed by atoms with Gasteiger partial charge in [-0.3, -0.25) is 9.59 Å². The molecule has 1 amide bonds. The van der Waals surface area contributed by atoms with Crippen LogP contribution < -0.4 is 5.32 Å². The quantitative estimate of drug-likeness (QED) is 0.460. The summed E-state index contributed by atoms with van der Waals surface area (Å²) in [6.45, 7) is 1.62. The maximum Gasteiger partial charge on any atom is 0.329 e. The molecule has 2 aromatic carbocycles. The molecule has 1 N–H and O–H groups in total. The van der Waals surface area contributed by atoms with E-state index >= 15 is 0 Å². The van der Waals surface area contributed by atoms with Crippen molar-refractivity contribution >= 4 is 17.7 Å². The van der Waals surface area contributed by atoms with Gasteiger partial charge in [-0.2, -0.15) is 0 Å². The van der Waals surface area contributed by atoms with Crippen molar-refractivity contribution in [1.29, 1.82) is 0 Å². The van der Waals surface area contributed by atoms with Crippen LogP contribution in [0, 0.1) is 30.1 Å². The number of hydrogen-bond acceptors (Lipinski definition) is 4. The summed E-state index contributed by atoms with van der Waals surface area (Å²) >= 11 is 0. The fourth-order valence-electron chi connectivity index (χ4n) is 6.80. The molecular weight excluding hydrogens is 426 g/mol. The van der Waals surface area contributed by atoms with E-state index in [1.807, 2.05) is 49.4 Å². The van der Waals surface area contributed by atoms with Gasteiger partial charge in [-0.15, -0.1) is 0 Å². The number of ketones is 1. The lowest BCUT2D eigenvalue weighted by Crippen LogP contribution is -2.56. The van der Waals surface area contributed by atoms with Crippen molar-refractivity contribution in [3.63, 3.8) is 0 Å². The number of aryl methyl sites for hydroxylation is 1. The molecule has 34 heavy (non-hydrogen) atoms. The van der Waals surface area contributed by atoms with Crippen molar-refractivity contribution in [3.05, 3.63) is 71.3 Å². The standard InChI is InChI=1S/C29H33NO4/c1-19-7-9-24(10-8-19)26(31)18-34-27(32)25(14-20-5-3-2-4-6-20)30-28(33)29-15-21-11-22(16-29)13-23(12-21)17-29/h2-10,21-23,25H,11-18H2,1H3,(H,30,33)/t21?,22?,23?,25-,29?/m0/s1. The van der Waals surface area contributed by atoms with E-state index in [9.17, 15) is 14.4 Å². The van der Waals surface area contributed by atoms with Gasteiger partial charge in [0.05, 0.1) is 0 Å². The molecule has 0 aromatic heterocycles. The van der Waals surface area contributed by atoms with Gasteiger partial charge in [0.15, 0.2) is 12.4 Å². The molecule has 6 rings (SSSR count). The summed E-state index contributed by atoms with van der Waals surface area (Å²) in [5.41, 5.74) is 2.17. The molecule has 5 heteroatoms. The number of benzene rings is 2. The van der Waals surface area contributed by atoms with Gasteiger partial charge in [-0.05, 0) is 68.8 Å². The maximum absolute atomic E-state index is 13.6. The van der Waals surface area contributed by atoms with Crippen LogP contribution in [0.2, 0.25) is 0 Å². The van der Waals surface area contributed by atoms with Crippen LogP contribution in [0.1, 0.15) is 60.0 Å². The SMILES string of the molecule is Cc1ccc(C(=O)COC(=O)[C@H](Cc2ccccc2)NC(=O)C23CC4CC(CC(C4)C2)C3)cc1. The zero-order valence-electron chi connectivity index (χ0n) is 19.8. The molecule has 5 nitrogen and oxygen atoms in total. The predicted octanol–water partition coefficient (Wildman–Crippen LogP) is 4.66. The fraction of sp³-hybridized carbons (Fsp3) is 0.483. The average Bonchev–Trinajstić information content (AvgIpc) is 2.82. The van der Waals surface area contributed by atoms with Crippen LogP contribution in [-0.4, -0.2) is 30.3 Å². The Balaban J connectivity index is 1.28. The van der Waals surface area contributed by atoms with Crippen LogP contribution in [0.15, 0.2) is 54.6 Å². The Bertz CT molecular complexity index is 1020. The summed E-state index contributed by atoms with van der Waals surface area (Å²) in [7, 11) is 0. The number of Topliss-reactive ketones (excluding diaryl/α,β-unsaturated/α-hetero) is 1. The van der Waals surface area contributed by atoms with Crippen LogP contribution in [0.4, 0.5) is 0 Å². The average molecular weight is 460 g/mol. The lowest BCUT2D eigenvalue weighted by atomic mass is 9.49. The van der Waals surface area contributed by atoms with E-state index in [4.69, 9.17) is 4.74 Å². The van der Waals surface area contributed by atoms with Crippen molar-refractivity contribution in [2.24, 2.45) is 23.2 Å². The molecule has 1 atom stereocenters. The molecule has 0 heterocycles. The van der Waals surface area contributed by atoms with Gasteiger partial charge in [0, 0.05) is 17.4 Å². The Hall–Kier alpha value is -2.95. The van der Waals surface area contributed by atoms with Crippen LogP contribution >= 0.6 is 0 Å². The number of rotatable bonds is 8. The van der Waals surface area contributed by atoms with E-state index in [2.05, 4.69) is 5.32 Å². The monoisotopic (exact) mass is 459 g/mol. The van der Waals surface area contributed by atoms with Crippen molar-refractivity contribution in [2.45, 2.75) is 57.9 Å². The molecule has 4 aliphatic rings. The second-order valence-corrected chi connectivity index (χ2v) is 10.8. The zero-order valence-corrected chi connectivity index (χ0v) is 19.8. The number of esters is 1. The Morgan fingerprint density at radius 2 is 1.50 bits per heavy atom. The molecule has 178 valence electrons. The van der Waals surface area contributed by atoms with E-state index in [0.717, 1.165) is 30.4 Å². The summed E-state index contributed by atoms with van der Waals surface area (Å²) in [5.74, 6) is 1.12. The summed E-state index contributed by atoms with van der Waals surface area (Å²) in [4.78, 5) is 39.2. The van der Waals surface area contributed by atoms with Crippen molar-refractivity contribution < 1.29 is 19.1 Å². The van der Waals surface area contributed by atoms with Crippen LogP contribution in [0.3, 0.4) is 0 Å². The number of carbonyl (C=O) groups excluding carboxylic acids is 3. The molecule has 0 unspecified atom stereocenters. The minimum absolute atomic E-state index is 0.00524. The summed E-state index contributed by atoms with van der Waals surface area (Å²) in [6, 6.07) is 16.0. The van der Waals surface area contributed by atoms with E-state index in [1.165, 1.54) is 19.3 Å². The number of carbonyl (C=O) groups is 3. The second kappa shape index (κ2) is 9.36. The minimum Gasteiger partial charge on any atom is -0.456 e. The van der Waals surface area contributed by atoms with E-state index in [0.29, 0.717) is 29.7 Å². The third-order valence-electron chi connectivity index (χ3n) is 8.11. The van der Waals surface area contributed by atoms with Crippen LogP contribution in [-0.2, 0) is 20.7 Å². The first-order chi connectivity index (χ1) is 16.4. The lowest BCUT2D eigenvalue weighted by Gasteiger charge is -2.55. The first-order valence-electron chi connectivity index (χ1n) is 12.5. The normalized spacial score (nSPS) is 27.7. The largest absolute Gasteiger partial charge is 0.456 e. The fourth-order valence-corrected chi connectivity index (χ4v) is 6.80. The van der Waals surface area contributed by atoms with Gasteiger partial charge in [0.25, 0.3) is 0 Å². The first-order valence-corrected chi connectivity index (χ1v) is 12.5. The number of hydrogen-bond donors (Lipinski definition) is 1. The van der Waals surface area contributed by atoms with Gasteiger partial charge >= 0.3 is 5.97 Å². The van der Waals surface area contributed by atoms with Gasteiger partial charge in [0.1, 0.15) is 6.04 Å². The Labute approximate surface area is 201 Å². The number of nitrogens with one attached hydrogen (secondary N) is 1. The van der Waals surface area contributed by atoms with E-state index in [1.54, 1.807) is 12.1 Å².